The van der Waals surface area contributed by atoms with Crippen LogP contribution in [0.4, 0.5) is 5.69 Å². The highest BCUT2D eigenvalue weighted by atomic mass is 79.9. The molecule has 0 amide bonds. The van der Waals surface area contributed by atoms with Crippen molar-refractivity contribution in [2.45, 2.75) is 0 Å². The van der Waals surface area contributed by atoms with Crippen LogP contribution in [0, 0.1) is 10.1 Å². The van der Waals surface area contributed by atoms with Crippen LogP contribution in [-0.4, -0.2) is 14.9 Å². The average molecular weight is 280 g/mol. The predicted molar refractivity (Wildman–Crippen MR) is 61.8 cm³/mol. The van der Waals surface area contributed by atoms with Gasteiger partial charge in [0, 0.05) is 23.9 Å². The number of hydrogen-bond acceptors (Lipinski definition) is 4. The zero-order valence-corrected chi connectivity index (χ0v) is 9.59. The normalized spacial score (nSPS) is 10.1. The van der Waals surface area contributed by atoms with Crippen LogP contribution in [0.25, 0.3) is 11.4 Å². The van der Waals surface area contributed by atoms with Crippen molar-refractivity contribution < 1.29 is 4.92 Å². The monoisotopic (exact) mass is 279 g/mol. The molecule has 0 saturated carbocycles. The van der Waals surface area contributed by atoms with E-state index < -0.39 is 4.92 Å². The summed E-state index contributed by atoms with van der Waals surface area (Å²) in [7, 11) is 0. The van der Waals surface area contributed by atoms with Gasteiger partial charge >= 0.3 is 0 Å². The highest BCUT2D eigenvalue weighted by Crippen LogP contribution is 2.21. The summed E-state index contributed by atoms with van der Waals surface area (Å²) in [5, 5.41) is 10.6. The van der Waals surface area contributed by atoms with E-state index in [4.69, 9.17) is 0 Å². The number of nitrogens with zero attached hydrogens (tertiary/aromatic N) is 3. The Labute approximate surface area is 99.4 Å². The van der Waals surface area contributed by atoms with Crippen LogP contribution in [0.2, 0.25) is 0 Å². The standard InChI is InChI=1S/C10H6BrN3O2/c11-9-4-5-12-10(13-9)7-2-1-3-8(6-7)14(15)16/h1-6H. The zero-order chi connectivity index (χ0) is 11.5. The summed E-state index contributed by atoms with van der Waals surface area (Å²) in [5.74, 6) is 0.457. The van der Waals surface area contributed by atoms with Gasteiger partial charge in [-0.2, -0.15) is 0 Å². The second-order valence-electron chi connectivity index (χ2n) is 3.01. The molecule has 0 atom stereocenters. The quantitative estimate of drug-likeness (QED) is 0.482. The summed E-state index contributed by atoms with van der Waals surface area (Å²) in [4.78, 5) is 18.3. The Balaban J connectivity index is 2.48. The van der Waals surface area contributed by atoms with E-state index in [9.17, 15) is 10.1 Å². The van der Waals surface area contributed by atoms with E-state index >= 15 is 0 Å². The summed E-state index contributed by atoms with van der Waals surface area (Å²) in [5.41, 5.74) is 0.650. The molecule has 16 heavy (non-hydrogen) atoms. The van der Waals surface area contributed by atoms with Crippen LogP contribution >= 0.6 is 15.9 Å². The second-order valence-corrected chi connectivity index (χ2v) is 3.82. The van der Waals surface area contributed by atoms with Gasteiger partial charge in [0.2, 0.25) is 0 Å². The summed E-state index contributed by atoms with van der Waals surface area (Å²) >= 11 is 3.22. The maximum Gasteiger partial charge on any atom is 0.270 e. The van der Waals surface area contributed by atoms with Gasteiger partial charge in [0.15, 0.2) is 5.82 Å². The van der Waals surface area contributed by atoms with Crippen molar-refractivity contribution in [3.63, 3.8) is 0 Å². The number of aromatic nitrogens is 2. The number of benzene rings is 1. The van der Waals surface area contributed by atoms with E-state index in [1.54, 1.807) is 24.4 Å². The lowest BCUT2D eigenvalue weighted by Crippen LogP contribution is -1.91. The third-order valence-corrected chi connectivity index (χ3v) is 2.38. The van der Waals surface area contributed by atoms with E-state index in [1.165, 1.54) is 12.1 Å². The first-order valence-electron chi connectivity index (χ1n) is 4.40. The Morgan fingerprint density at radius 1 is 1.31 bits per heavy atom. The van der Waals surface area contributed by atoms with Crippen LogP contribution in [0.15, 0.2) is 41.1 Å². The van der Waals surface area contributed by atoms with Gasteiger partial charge in [-0.1, -0.05) is 12.1 Å². The van der Waals surface area contributed by atoms with Gasteiger partial charge in [0.1, 0.15) is 4.60 Å². The van der Waals surface area contributed by atoms with E-state index in [0.717, 1.165) is 0 Å². The fraction of sp³-hybridized carbons (Fsp3) is 0. The van der Waals surface area contributed by atoms with Gasteiger partial charge in [0.05, 0.1) is 4.92 Å². The SMILES string of the molecule is O=[N+]([O-])c1cccc(-c2nccc(Br)n2)c1. The van der Waals surface area contributed by atoms with E-state index in [1.807, 2.05) is 0 Å². The van der Waals surface area contributed by atoms with Crippen LogP contribution in [0.1, 0.15) is 0 Å². The minimum atomic E-state index is -0.443. The van der Waals surface area contributed by atoms with Crippen LogP contribution in [0.5, 0.6) is 0 Å². The molecule has 0 spiro atoms. The first kappa shape index (κ1) is 10.7. The Bertz CT molecular complexity index is 545. The van der Waals surface area contributed by atoms with Crippen molar-refractivity contribution in [2.75, 3.05) is 0 Å². The van der Waals surface area contributed by atoms with E-state index in [0.29, 0.717) is 16.0 Å². The van der Waals surface area contributed by atoms with Gasteiger partial charge in [-0.15, -0.1) is 0 Å². The smallest absolute Gasteiger partial charge is 0.258 e. The highest BCUT2D eigenvalue weighted by molar-refractivity contribution is 9.10. The lowest BCUT2D eigenvalue weighted by molar-refractivity contribution is -0.384. The molecule has 0 aliphatic rings. The average Bonchev–Trinajstić information content (AvgIpc) is 2.29. The van der Waals surface area contributed by atoms with Gasteiger partial charge in [-0.3, -0.25) is 10.1 Å². The Hall–Kier alpha value is -1.82. The van der Waals surface area contributed by atoms with Gasteiger partial charge < -0.3 is 0 Å². The van der Waals surface area contributed by atoms with E-state index in [-0.39, 0.29) is 5.69 Å². The summed E-state index contributed by atoms with van der Waals surface area (Å²) < 4.78 is 0.643. The topological polar surface area (TPSA) is 68.9 Å². The van der Waals surface area contributed by atoms with Crippen molar-refractivity contribution in [1.82, 2.24) is 9.97 Å². The van der Waals surface area contributed by atoms with Crippen LogP contribution in [0.3, 0.4) is 0 Å². The molecule has 0 fully saturated rings. The molecule has 0 unspecified atom stereocenters. The Morgan fingerprint density at radius 3 is 2.81 bits per heavy atom. The lowest BCUT2D eigenvalue weighted by Gasteiger charge is -1.99. The van der Waals surface area contributed by atoms with Gasteiger partial charge in [-0.05, 0) is 22.0 Å². The largest absolute Gasteiger partial charge is 0.270 e. The summed E-state index contributed by atoms with van der Waals surface area (Å²) in [6, 6.07) is 7.91. The molecule has 80 valence electrons. The number of non-ortho nitro benzene ring substituents is 1. The van der Waals surface area contributed by atoms with Crippen molar-refractivity contribution >= 4 is 21.6 Å². The van der Waals surface area contributed by atoms with Crippen molar-refractivity contribution in [1.29, 1.82) is 0 Å². The Kier molecular flexibility index (Phi) is 2.91. The third-order valence-electron chi connectivity index (χ3n) is 1.94. The molecule has 0 N–H and O–H groups in total. The molecule has 5 nitrogen and oxygen atoms in total. The van der Waals surface area contributed by atoms with Crippen molar-refractivity contribution in [3.05, 3.63) is 51.2 Å². The first-order valence-corrected chi connectivity index (χ1v) is 5.19. The van der Waals surface area contributed by atoms with Crippen molar-refractivity contribution in [3.8, 4) is 11.4 Å². The summed E-state index contributed by atoms with van der Waals surface area (Å²) in [6.07, 6.45) is 1.59. The molecular formula is C10H6BrN3O2. The summed E-state index contributed by atoms with van der Waals surface area (Å²) in [6.45, 7) is 0. The maximum atomic E-state index is 10.6. The molecule has 1 aromatic heterocycles. The minimum Gasteiger partial charge on any atom is -0.258 e. The highest BCUT2D eigenvalue weighted by Gasteiger charge is 2.08. The van der Waals surface area contributed by atoms with Gasteiger partial charge in [-0.25, -0.2) is 9.97 Å². The number of halogens is 1. The fourth-order valence-corrected chi connectivity index (χ4v) is 1.52. The minimum absolute atomic E-state index is 0.0288. The molecule has 0 saturated heterocycles. The molecule has 1 heterocycles. The van der Waals surface area contributed by atoms with Gasteiger partial charge in [0.25, 0.3) is 5.69 Å². The number of nitro benzene ring substituents is 1. The Morgan fingerprint density at radius 2 is 2.12 bits per heavy atom. The zero-order valence-electron chi connectivity index (χ0n) is 8.00. The number of nitro groups is 1. The first-order chi connectivity index (χ1) is 7.66. The molecule has 6 heteroatoms. The number of rotatable bonds is 2. The number of hydrogen-bond donors (Lipinski definition) is 0. The third kappa shape index (κ3) is 2.22. The van der Waals surface area contributed by atoms with E-state index in [2.05, 4.69) is 25.9 Å². The molecule has 2 rings (SSSR count). The molecule has 0 radical (unpaired) electrons. The molecule has 2 aromatic rings. The lowest BCUT2D eigenvalue weighted by atomic mass is 10.2. The fourth-order valence-electron chi connectivity index (χ4n) is 1.23. The molecule has 0 aliphatic heterocycles. The maximum absolute atomic E-state index is 10.6. The molecule has 1 aromatic carbocycles. The van der Waals surface area contributed by atoms with Crippen molar-refractivity contribution in [2.24, 2.45) is 0 Å². The van der Waals surface area contributed by atoms with Crippen LogP contribution < -0.4 is 0 Å². The molecular weight excluding hydrogens is 274 g/mol. The predicted octanol–water partition coefficient (Wildman–Crippen LogP) is 2.81. The van der Waals surface area contributed by atoms with Crippen LogP contribution in [-0.2, 0) is 0 Å². The second kappa shape index (κ2) is 4.36. The molecule has 0 aliphatic carbocycles. The molecule has 0 bridgehead atoms.